The topological polar surface area (TPSA) is 53.6 Å². The third kappa shape index (κ3) is 6.46. The van der Waals surface area contributed by atoms with Gasteiger partial charge in [0.1, 0.15) is 0 Å². The SMILES string of the molecule is NC(=NCc1ccc(CN2CCCCCC2)cc1)NCCc1cccs1. The zero-order valence-corrected chi connectivity index (χ0v) is 16.3. The van der Waals surface area contributed by atoms with Crippen molar-refractivity contribution >= 4 is 17.3 Å². The van der Waals surface area contributed by atoms with E-state index in [2.05, 4.69) is 57.0 Å². The second-order valence-electron chi connectivity index (χ2n) is 6.96. The summed E-state index contributed by atoms with van der Waals surface area (Å²) in [5.41, 5.74) is 8.56. The molecule has 0 spiro atoms. The lowest BCUT2D eigenvalue weighted by Gasteiger charge is -2.19. The van der Waals surface area contributed by atoms with Crippen LogP contribution in [0, 0.1) is 0 Å². The van der Waals surface area contributed by atoms with Gasteiger partial charge in [-0.3, -0.25) is 4.90 Å². The summed E-state index contributed by atoms with van der Waals surface area (Å²) in [7, 11) is 0. The Hall–Kier alpha value is -1.85. The maximum atomic E-state index is 5.96. The summed E-state index contributed by atoms with van der Waals surface area (Å²) in [6, 6.07) is 13.0. The molecular formula is C21H30N4S. The highest BCUT2D eigenvalue weighted by molar-refractivity contribution is 7.09. The molecule has 2 aromatic rings. The summed E-state index contributed by atoms with van der Waals surface area (Å²) in [6.07, 6.45) is 6.43. The summed E-state index contributed by atoms with van der Waals surface area (Å²) in [5, 5.41) is 5.29. The second-order valence-corrected chi connectivity index (χ2v) is 8.00. The van der Waals surface area contributed by atoms with Gasteiger partial charge in [-0.15, -0.1) is 11.3 Å². The molecule has 0 radical (unpaired) electrons. The largest absolute Gasteiger partial charge is 0.370 e. The van der Waals surface area contributed by atoms with Crippen LogP contribution in [-0.4, -0.2) is 30.5 Å². The Morgan fingerprint density at radius 3 is 2.46 bits per heavy atom. The number of rotatable bonds is 7. The van der Waals surface area contributed by atoms with E-state index in [0.717, 1.165) is 19.5 Å². The quantitative estimate of drug-likeness (QED) is 0.576. The summed E-state index contributed by atoms with van der Waals surface area (Å²) in [5.74, 6) is 0.523. The van der Waals surface area contributed by atoms with Crippen LogP contribution in [0.2, 0.25) is 0 Å². The minimum absolute atomic E-state index is 0.523. The van der Waals surface area contributed by atoms with Crippen molar-refractivity contribution in [1.29, 1.82) is 0 Å². The Bertz CT molecular complexity index is 656. The Morgan fingerprint density at radius 1 is 1.04 bits per heavy atom. The van der Waals surface area contributed by atoms with Crippen LogP contribution in [0.1, 0.15) is 41.7 Å². The standard InChI is InChI=1S/C21H30N4S/c22-21(23-12-11-20-6-5-15-26-20)24-16-18-7-9-19(10-8-18)17-25-13-3-1-2-4-14-25/h5-10,15H,1-4,11-14,16-17H2,(H3,22,23,24). The number of hydrogen-bond acceptors (Lipinski definition) is 3. The molecule has 0 unspecified atom stereocenters. The van der Waals surface area contributed by atoms with E-state index >= 15 is 0 Å². The van der Waals surface area contributed by atoms with E-state index in [-0.39, 0.29) is 0 Å². The van der Waals surface area contributed by atoms with Crippen molar-refractivity contribution in [2.75, 3.05) is 19.6 Å². The highest BCUT2D eigenvalue weighted by Crippen LogP contribution is 2.14. The number of benzene rings is 1. The van der Waals surface area contributed by atoms with Gasteiger partial charge in [-0.25, -0.2) is 4.99 Å². The number of nitrogens with two attached hydrogens (primary N) is 1. The molecule has 1 fully saturated rings. The monoisotopic (exact) mass is 370 g/mol. The van der Waals surface area contributed by atoms with Gasteiger partial charge in [0.15, 0.2) is 5.96 Å². The van der Waals surface area contributed by atoms with Crippen LogP contribution < -0.4 is 11.1 Å². The molecule has 140 valence electrons. The van der Waals surface area contributed by atoms with Crippen molar-refractivity contribution < 1.29 is 0 Å². The maximum absolute atomic E-state index is 5.96. The molecule has 1 aromatic heterocycles. The number of nitrogens with one attached hydrogen (secondary N) is 1. The first-order valence-electron chi connectivity index (χ1n) is 9.66. The third-order valence-electron chi connectivity index (χ3n) is 4.82. The Labute approximate surface area is 161 Å². The third-order valence-corrected chi connectivity index (χ3v) is 5.75. The van der Waals surface area contributed by atoms with E-state index in [1.807, 2.05) is 0 Å². The van der Waals surface area contributed by atoms with Crippen LogP contribution in [0.25, 0.3) is 0 Å². The number of guanidine groups is 1. The van der Waals surface area contributed by atoms with Crippen LogP contribution >= 0.6 is 11.3 Å². The molecule has 0 aliphatic carbocycles. The smallest absolute Gasteiger partial charge is 0.188 e. The van der Waals surface area contributed by atoms with Crippen molar-refractivity contribution in [1.82, 2.24) is 10.2 Å². The zero-order valence-electron chi connectivity index (χ0n) is 15.5. The van der Waals surface area contributed by atoms with Gasteiger partial charge in [0, 0.05) is 18.0 Å². The lowest BCUT2D eigenvalue weighted by atomic mass is 10.1. The predicted octanol–water partition coefficient (Wildman–Crippen LogP) is 3.77. The molecule has 1 saturated heterocycles. The van der Waals surface area contributed by atoms with Gasteiger partial charge in [0.05, 0.1) is 6.54 Å². The lowest BCUT2D eigenvalue weighted by Crippen LogP contribution is -2.33. The zero-order chi connectivity index (χ0) is 18.0. The molecule has 3 rings (SSSR count). The van der Waals surface area contributed by atoms with Gasteiger partial charge in [-0.1, -0.05) is 43.2 Å². The fraction of sp³-hybridized carbons (Fsp3) is 0.476. The van der Waals surface area contributed by atoms with Crippen molar-refractivity contribution in [3.05, 3.63) is 57.8 Å². The van der Waals surface area contributed by atoms with Gasteiger partial charge in [0.25, 0.3) is 0 Å². The fourth-order valence-electron chi connectivity index (χ4n) is 3.30. The highest BCUT2D eigenvalue weighted by atomic mass is 32.1. The fourth-order valence-corrected chi connectivity index (χ4v) is 4.01. The van der Waals surface area contributed by atoms with Crippen LogP contribution in [0.3, 0.4) is 0 Å². The van der Waals surface area contributed by atoms with Gasteiger partial charge >= 0.3 is 0 Å². The molecular weight excluding hydrogens is 340 g/mol. The molecule has 26 heavy (non-hydrogen) atoms. The minimum atomic E-state index is 0.523. The van der Waals surface area contributed by atoms with E-state index in [0.29, 0.717) is 12.5 Å². The highest BCUT2D eigenvalue weighted by Gasteiger charge is 2.09. The molecule has 2 heterocycles. The molecule has 1 aliphatic rings. The molecule has 5 heteroatoms. The van der Waals surface area contributed by atoms with Crippen molar-refractivity contribution in [2.45, 2.75) is 45.2 Å². The Kier molecular flexibility index (Phi) is 7.52. The minimum Gasteiger partial charge on any atom is -0.370 e. The molecule has 3 N–H and O–H groups in total. The number of thiophene rings is 1. The molecule has 1 aliphatic heterocycles. The normalized spacial score (nSPS) is 16.4. The van der Waals surface area contributed by atoms with E-state index in [4.69, 9.17) is 5.73 Å². The van der Waals surface area contributed by atoms with Crippen molar-refractivity contribution in [3.8, 4) is 0 Å². The number of likely N-dealkylation sites (tertiary alicyclic amines) is 1. The summed E-state index contributed by atoms with van der Waals surface area (Å²) in [6.45, 7) is 4.99. The van der Waals surface area contributed by atoms with Crippen LogP contribution in [0.5, 0.6) is 0 Å². The summed E-state index contributed by atoms with van der Waals surface area (Å²) >= 11 is 1.78. The average Bonchev–Trinajstić information content (AvgIpc) is 3.04. The lowest BCUT2D eigenvalue weighted by molar-refractivity contribution is 0.277. The van der Waals surface area contributed by atoms with E-state index in [9.17, 15) is 0 Å². The van der Waals surface area contributed by atoms with Crippen LogP contribution in [0.15, 0.2) is 46.8 Å². The number of hydrogen-bond donors (Lipinski definition) is 2. The van der Waals surface area contributed by atoms with Crippen molar-refractivity contribution in [2.24, 2.45) is 10.7 Å². The van der Waals surface area contributed by atoms with Crippen LogP contribution in [-0.2, 0) is 19.5 Å². The first kappa shape index (κ1) is 18.9. The average molecular weight is 371 g/mol. The Morgan fingerprint density at radius 2 is 1.77 bits per heavy atom. The molecule has 4 nitrogen and oxygen atoms in total. The van der Waals surface area contributed by atoms with E-state index in [1.54, 1.807) is 11.3 Å². The van der Waals surface area contributed by atoms with Gasteiger partial charge in [-0.2, -0.15) is 0 Å². The first-order valence-corrected chi connectivity index (χ1v) is 10.5. The maximum Gasteiger partial charge on any atom is 0.188 e. The number of nitrogens with zero attached hydrogens (tertiary/aromatic N) is 2. The van der Waals surface area contributed by atoms with Crippen LogP contribution in [0.4, 0.5) is 0 Å². The Balaban J connectivity index is 1.41. The van der Waals surface area contributed by atoms with Gasteiger partial charge in [-0.05, 0) is 54.9 Å². The van der Waals surface area contributed by atoms with E-state index in [1.165, 1.54) is 54.8 Å². The molecule has 0 saturated carbocycles. The van der Waals surface area contributed by atoms with Gasteiger partial charge in [0.2, 0.25) is 0 Å². The van der Waals surface area contributed by atoms with E-state index < -0.39 is 0 Å². The second kappa shape index (κ2) is 10.3. The van der Waals surface area contributed by atoms with Gasteiger partial charge < -0.3 is 11.1 Å². The molecule has 1 aromatic carbocycles. The first-order chi connectivity index (χ1) is 12.8. The summed E-state index contributed by atoms with van der Waals surface area (Å²) in [4.78, 5) is 8.39. The predicted molar refractivity (Wildman–Crippen MR) is 112 cm³/mol. The molecule has 0 bridgehead atoms. The molecule has 0 atom stereocenters. The van der Waals surface area contributed by atoms with Crippen molar-refractivity contribution in [3.63, 3.8) is 0 Å². The number of aliphatic imine (C=N–C) groups is 1. The summed E-state index contributed by atoms with van der Waals surface area (Å²) < 4.78 is 0. The molecule has 0 amide bonds.